The summed E-state index contributed by atoms with van der Waals surface area (Å²) in [5, 5.41) is 4.00. The lowest BCUT2D eigenvalue weighted by atomic mass is 10.2. The monoisotopic (exact) mass is 241 g/mol. The smallest absolute Gasteiger partial charge is 0.260 e. The maximum atomic E-state index is 13.5. The van der Waals surface area contributed by atoms with Crippen LogP contribution in [-0.4, -0.2) is 16.7 Å². The fourth-order valence-corrected chi connectivity index (χ4v) is 1.42. The van der Waals surface area contributed by atoms with Crippen LogP contribution < -0.4 is 5.73 Å². The van der Waals surface area contributed by atoms with Crippen molar-refractivity contribution in [2.75, 3.05) is 6.54 Å². The first-order chi connectivity index (χ1) is 7.70. The first-order valence-corrected chi connectivity index (χ1v) is 5.06. The van der Waals surface area contributed by atoms with E-state index >= 15 is 0 Å². The molecule has 1 aromatic carbocycles. The summed E-state index contributed by atoms with van der Waals surface area (Å²) < 4.78 is 18.4. The van der Waals surface area contributed by atoms with Crippen LogP contribution in [-0.2, 0) is 6.42 Å². The van der Waals surface area contributed by atoms with Crippen molar-refractivity contribution in [2.45, 2.75) is 6.42 Å². The zero-order chi connectivity index (χ0) is 11.5. The van der Waals surface area contributed by atoms with E-state index in [-0.39, 0.29) is 11.5 Å². The van der Waals surface area contributed by atoms with Gasteiger partial charge in [0.2, 0.25) is 0 Å². The van der Waals surface area contributed by atoms with Crippen molar-refractivity contribution in [3.63, 3.8) is 0 Å². The van der Waals surface area contributed by atoms with E-state index in [2.05, 4.69) is 10.1 Å². The Morgan fingerprint density at radius 3 is 2.94 bits per heavy atom. The predicted molar refractivity (Wildman–Crippen MR) is 57.5 cm³/mol. The van der Waals surface area contributed by atoms with Crippen molar-refractivity contribution in [3.05, 3.63) is 34.9 Å². The minimum absolute atomic E-state index is 0.137. The SMILES string of the molecule is NCCc1noc(-c2ccc(Cl)cc2F)n1. The van der Waals surface area contributed by atoms with E-state index in [0.717, 1.165) is 0 Å². The molecule has 0 aliphatic heterocycles. The topological polar surface area (TPSA) is 64.9 Å². The molecule has 0 spiro atoms. The molecule has 0 aliphatic rings. The highest BCUT2D eigenvalue weighted by atomic mass is 35.5. The van der Waals surface area contributed by atoms with E-state index < -0.39 is 5.82 Å². The predicted octanol–water partition coefficient (Wildman–Crippen LogP) is 2.03. The quantitative estimate of drug-likeness (QED) is 0.893. The van der Waals surface area contributed by atoms with Crippen LogP contribution in [0.2, 0.25) is 5.02 Å². The maximum Gasteiger partial charge on any atom is 0.260 e. The highest BCUT2D eigenvalue weighted by Gasteiger charge is 2.12. The van der Waals surface area contributed by atoms with Crippen molar-refractivity contribution in [3.8, 4) is 11.5 Å². The number of aromatic nitrogens is 2. The molecular formula is C10H9ClFN3O. The van der Waals surface area contributed by atoms with Gasteiger partial charge in [-0.25, -0.2) is 4.39 Å². The van der Waals surface area contributed by atoms with Crippen molar-refractivity contribution >= 4 is 11.6 Å². The van der Waals surface area contributed by atoms with E-state index in [4.69, 9.17) is 21.9 Å². The minimum atomic E-state index is -0.490. The van der Waals surface area contributed by atoms with Gasteiger partial charge in [0.25, 0.3) is 5.89 Å². The van der Waals surface area contributed by atoms with Gasteiger partial charge >= 0.3 is 0 Å². The fraction of sp³-hybridized carbons (Fsp3) is 0.200. The number of hydrogen-bond acceptors (Lipinski definition) is 4. The largest absolute Gasteiger partial charge is 0.334 e. The Kier molecular flexibility index (Phi) is 3.17. The molecule has 0 fully saturated rings. The summed E-state index contributed by atoms with van der Waals surface area (Å²) >= 11 is 5.64. The van der Waals surface area contributed by atoms with E-state index in [0.29, 0.717) is 23.8 Å². The number of hydrogen-bond donors (Lipinski definition) is 1. The average molecular weight is 242 g/mol. The van der Waals surface area contributed by atoms with Crippen LogP contribution >= 0.6 is 11.6 Å². The summed E-state index contributed by atoms with van der Waals surface area (Å²) in [5.41, 5.74) is 5.58. The lowest BCUT2D eigenvalue weighted by molar-refractivity contribution is 0.420. The Balaban J connectivity index is 2.35. The molecule has 1 heterocycles. The summed E-state index contributed by atoms with van der Waals surface area (Å²) in [6.45, 7) is 0.419. The molecule has 0 saturated carbocycles. The summed E-state index contributed by atoms with van der Waals surface area (Å²) in [4.78, 5) is 4.02. The minimum Gasteiger partial charge on any atom is -0.334 e. The first-order valence-electron chi connectivity index (χ1n) is 4.69. The van der Waals surface area contributed by atoms with Crippen molar-refractivity contribution in [1.82, 2.24) is 10.1 Å². The summed E-state index contributed by atoms with van der Waals surface area (Å²) in [6, 6.07) is 4.26. The van der Waals surface area contributed by atoms with Crippen LogP contribution in [0.1, 0.15) is 5.82 Å². The average Bonchev–Trinajstić information content (AvgIpc) is 2.67. The van der Waals surface area contributed by atoms with Crippen molar-refractivity contribution in [2.24, 2.45) is 5.73 Å². The molecule has 84 valence electrons. The van der Waals surface area contributed by atoms with Crippen LogP contribution in [0.5, 0.6) is 0 Å². The lowest BCUT2D eigenvalue weighted by Crippen LogP contribution is -2.03. The van der Waals surface area contributed by atoms with Crippen LogP contribution in [0.4, 0.5) is 4.39 Å². The van der Waals surface area contributed by atoms with Crippen LogP contribution in [0, 0.1) is 5.82 Å². The molecule has 16 heavy (non-hydrogen) atoms. The Bertz CT molecular complexity index is 501. The number of rotatable bonds is 3. The van der Waals surface area contributed by atoms with Gasteiger partial charge in [-0.1, -0.05) is 16.8 Å². The van der Waals surface area contributed by atoms with Gasteiger partial charge in [0.15, 0.2) is 5.82 Å². The Hall–Kier alpha value is -1.46. The number of benzene rings is 1. The molecule has 1 aromatic heterocycles. The Morgan fingerprint density at radius 2 is 2.25 bits per heavy atom. The standard InChI is InChI=1S/C10H9ClFN3O/c11-6-1-2-7(8(12)5-6)10-14-9(3-4-13)15-16-10/h1-2,5H,3-4,13H2. The second kappa shape index (κ2) is 4.59. The Morgan fingerprint density at radius 1 is 1.44 bits per heavy atom. The zero-order valence-electron chi connectivity index (χ0n) is 8.28. The van der Waals surface area contributed by atoms with Crippen molar-refractivity contribution < 1.29 is 8.91 Å². The number of nitrogens with zero attached hydrogens (tertiary/aromatic N) is 2. The van der Waals surface area contributed by atoms with Gasteiger partial charge < -0.3 is 10.3 Å². The van der Waals surface area contributed by atoms with Crippen molar-refractivity contribution in [1.29, 1.82) is 0 Å². The normalized spacial score (nSPS) is 10.7. The molecule has 0 atom stereocenters. The Labute approximate surface area is 96.2 Å². The fourth-order valence-electron chi connectivity index (χ4n) is 1.26. The third-order valence-electron chi connectivity index (χ3n) is 2.00. The second-order valence-corrected chi connectivity index (χ2v) is 3.62. The summed E-state index contributed by atoms with van der Waals surface area (Å²) in [7, 11) is 0. The van der Waals surface area contributed by atoms with Gasteiger partial charge in [-0.05, 0) is 24.7 Å². The third-order valence-corrected chi connectivity index (χ3v) is 2.23. The maximum absolute atomic E-state index is 13.5. The van der Waals surface area contributed by atoms with Gasteiger partial charge in [-0.2, -0.15) is 4.98 Å². The van der Waals surface area contributed by atoms with E-state index in [1.165, 1.54) is 12.1 Å². The summed E-state index contributed by atoms with van der Waals surface area (Å²) in [5.74, 6) is 0.111. The molecule has 6 heteroatoms. The van der Waals surface area contributed by atoms with E-state index in [9.17, 15) is 4.39 Å². The number of nitrogens with two attached hydrogens (primary N) is 1. The van der Waals surface area contributed by atoms with Crippen LogP contribution in [0.15, 0.2) is 22.7 Å². The molecule has 2 rings (SSSR count). The molecule has 0 bridgehead atoms. The molecule has 0 radical (unpaired) electrons. The first kappa shape index (κ1) is 11.0. The highest BCUT2D eigenvalue weighted by Crippen LogP contribution is 2.23. The van der Waals surface area contributed by atoms with Gasteiger partial charge in [0, 0.05) is 11.4 Å². The second-order valence-electron chi connectivity index (χ2n) is 3.18. The molecule has 0 unspecified atom stereocenters. The van der Waals surface area contributed by atoms with Gasteiger partial charge in [-0.15, -0.1) is 0 Å². The molecule has 4 nitrogen and oxygen atoms in total. The molecule has 2 aromatic rings. The van der Waals surface area contributed by atoms with E-state index in [1.54, 1.807) is 6.07 Å². The third kappa shape index (κ3) is 2.20. The highest BCUT2D eigenvalue weighted by molar-refractivity contribution is 6.30. The summed E-state index contributed by atoms with van der Waals surface area (Å²) in [6.07, 6.45) is 0.499. The number of halogens is 2. The molecular weight excluding hydrogens is 233 g/mol. The van der Waals surface area contributed by atoms with Gasteiger partial charge in [-0.3, -0.25) is 0 Å². The molecule has 0 amide bonds. The van der Waals surface area contributed by atoms with Gasteiger partial charge in [0.1, 0.15) is 5.82 Å². The van der Waals surface area contributed by atoms with E-state index in [1.807, 2.05) is 0 Å². The zero-order valence-corrected chi connectivity index (χ0v) is 9.04. The molecule has 2 N–H and O–H groups in total. The molecule has 0 saturated heterocycles. The van der Waals surface area contributed by atoms with Crippen LogP contribution in [0.25, 0.3) is 11.5 Å². The van der Waals surface area contributed by atoms with Gasteiger partial charge in [0.05, 0.1) is 5.56 Å². The molecule has 0 aliphatic carbocycles. The lowest BCUT2D eigenvalue weighted by Gasteiger charge is -1.96. The van der Waals surface area contributed by atoms with Crippen LogP contribution in [0.3, 0.4) is 0 Å².